The fraction of sp³-hybridized carbons (Fsp3) is 0.500. The average Bonchev–Trinajstić information content (AvgIpc) is 2.76. The summed E-state index contributed by atoms with van der Waals surface area (Å²) in [5, 5.41) is 13.8. The van der Waals surface area contributed by atoms with Gasteiger partial charge in [-0.15, -0.1) is 37.2 Å². The van der Waals surface area contributed by atoms with Crippen molar-refractivity contribution in [1.82, 2.24) is 15.1 Å². The third-order valence-corrected chi connectivity index (χ3v) is 6.42. The first-order valence-electron chi connectivity index (χ1n) is 10.9. The zero-order valence-corrected chi connectivity index (χ0v) is 21.3. The van der Waals surface area contributed by atoms with Gasteiger partial charge in [0.1, 0.15) is 11.6 Å². The number of phenols is 1. The molecule has 0 amide bonds. The Balaban J connectivity index is 0.00000181. The van der Waals surface area contributed by atoms with Crippen LogP contribution >= 0.6 is 37.2 Å². The summed E-state index contributed by atoms with van der Waals surface area (Å²) in [4.78, 5) is 4.82. The molecular formula is C24H35Cl3FN3O2. The van der Waals surface area contributed by atoms with Crippen LogP contribution in [0.15, 0.2) is 48.5 Å². The third kappa shape index (κ3) is 7.96. The predicted molar refractivity (Wildman–Crippen MR) is 138 cm³/mol. The van der Waals surface area contributed by atoms with Crippen LogP contribution in [0.3, 0.4) is 0 Å². The number of nitrogens with zero attached hydrogens (tertiary/aromatic N) is 2. The fourth-order valence-corrected chi connectivity index (χ4v) is 4.50. The Bertz CT molecular complexity index is 848. The largest absolute Gasteiger partial charge is 0.508 e. The molecule has 0 saturated carbocycles. The van der Waals surface area contributed by atoms with Gasteiger partial charge in [-0.3, -0.25) is 9.80 Å². The summed E-state index contributed by atoms with van der Waals surface area (Å²) in [7, 11) is 2.18. The summed E-state index contributed by atoms with van der Waals surface area (Å²) in [6.45, 7) is 5.26. The van der Waals surface area contributed by atoms with Crippen molar-refractivity contribution in [3.8, 4) is 5.75 Å². The Morgan fingerprint density at radius 1 is 1.06 bits per heavy atom. The second-order valence-electron chi connectivity index (χ2n) is 8.51. The quantitative estimate of drug-likeness (QED) is 0.588. The molecule has 2 heterocycles. The molecule has 2 N–H and O–H groups in total. The molecule has 0 aromatic heterocycles. The van der Waals surface area contributed by atoms with Crippen molar-refractivity contribution >= 4 is 37.2 Å². The molecule has 0 radical (unpaired) electrons. The molecule has 2 saturated heterocycles. The Kier molecular flexibility index (Phi) is 13.0. The Hall–Kier alpha value is -1.12. The molecule has 2 fully saturated rings. The number of piperazine rings is 1. The van der Waals surface area contributed by atoms with Crippen molar-refractivity contribution in [2.75, 3.05) is 39.8 Å². The molecule has 186 valence electrons. The van der Waals surface area contributed by atoms with Crippen molar-refractivity contribution < 1.29 is 14.2 Å². The first kappa shape index (κ1) is 29.9. The van der Waals surface area contributed by atoms with Crippen molar-refractivity contribution in [3.63, 3.8) is 0 Å². The molecule has 2 aromatic carbocycles. The smallest absolute Gasteiger partial charge is 0.129 e. The monoisotopic (exact) mass is 521 g/mol. The zero-order valence-electron chi connectivity index (χ0n) is 18.9. The number of hydrogen-bond acceptors (Lipinski definition) is 5. The molecule has 5 nitrogen and oxygen atoms in total. The van der Waals surface area contributed by atoms with Crippen molar-refractivity contribution in [2.45, 2.75) is 37.6 Å². The number of ether oxygens (including phenoxy) is 1. The lowest BCUT2D eigenvalue weighted by Gasteiger charge is -2.41. The highest BCUT2D eigenvalue weighted by atomic mass is 35.5. The molecule has 0 bridgehead atoms. The molecular weight excluding hydrogens is 488 g/mol. The number of benzene rings is 2. The van der Waals surface area contributed by atoms with Gasteiger partial charge in [0.15, 0.2) is 0 Å². The normalized spacial score (nSPS) is 23.6. The molecule has 2 aliphatic heterocycles. The van der Waals surface area contributed by atoms with Crippen molar-refractivity contribution in [1.29, 1.82) is 0 Å². The van der Waals surface area contributed by atoms with E-state index in [4.69, 9.17) is 4.74 Å². The zero-order chi connectivity index (χ0) is 20.9. The van der Waals surface area contributed by atoms with Gasteiger partial charge >= 0.3 is 0 Å². The standard InChI is InChI=1S/C24H32FN3O2.3ClH/c1-27-11-12-28(16-18-6-2-5-9-23(18)29)17-20(27)15-26-19-10-13-30-24(14-19)21-7-3-4-8-22(21)25;;;/h2-9,19-20,24,26,29H,10-17H2,1H3;3*1H. The van der Waals surface area contributed by atoms with Gasteiger partial charge in [-0.25, -0.2) is 4.39 Å². The molecule has 33 heavy (non-hydrogen) atoms. The summed E-state index contributed by atoms with van der Waals surface area (Å²) < 4.78 is 20.0. The number of rotatable bonds is 6. The van der Waals surface area contributed by atoms with E-state index >= 15 is 0 Å². The van der Waals surface area contributed by atoms with Gasteiger partial charge in [0.2, 0.25) is 0 Å². The predicted octanol–water partition coefficient (Wildman–Crippen LogP) is 4.42. The van der Waals surface area contributed by atoms with E-state index in [0.717, 1.165) is 51.1 Å². The number of phenolic OH excluding ortho intramolecular Hbond substituents is 1. The molecule has 3 atom stereocenters. The summed E-state index contributed by atoms with van der Waals surface area (Å²) >= 11 is 0. The van der Waals surface area contributed by atoms with Crippen LogP contribution in [0.25, 0.3) is 0 Å². The van der Waals surface area contributed by atoms with Crippen LogP contribution in [0.4, 0.5) is 4.39 Å². The van der Waals surface area contributed by atoms with Crippen molar-refractivity contribution in [2.24, 2.45) is 0 Å². The van der Waals surface area contributed by atoms with Gasteiger partial charge < -0.3 is 15.2 Å². The van der Waals surface area contributed by atoms with E-state index in [2.05, 4.69) is 22.2 Å². The van der Waals surface area contributed by atoms with Gasteiger partial charge in [-0.1, -0.05) is 36.4 Å². The molecule has 2 aliphatic rings. The maximum atomic E-state index is 14.1. The Morgan fingerprint density at radius 2 is 1.79 bits per heavy atom. The van der Waals surface area contributed by atoms with Gasteiger partial charge in [0.25, 0.3) is 0 Å². The van der Waals surface area contributed by atoms with E-state index in [1.54, 1.807) is 12.1 Å². The summed E-state index contributed by atoms with van der Waals surface area (Å²) in [5.74, 6) is 0.183. The van der Waals surface area contributed by atoms with Crippen molar-refractivity contribution in [3.05, 3.63) is 65.5 Å². The highest BCUT2D eigenvalue weighted by molar-refractivity contribution is 5.86. The molecule has 0 aliphatic carbocycles. The lowest BCUT2D eigenvalue weighted by molar-refractivity contribution is -0.00400. The van der Waals surface area contributed by atoms with Crippen LogP contribution < -0.4 is 5.32 Å². The number of hydrogen-bond donors (Lipinski definition) is 2. The number of halogens is 4. The van der Waals surface area contributed by atoms with E-state index in [1.807, 2.05) is 30.3 Å². The first-order valence-corrected chi connectivity index (χ1v) is 10.9. The van der Waals surface area contributed by atoms with Gasteiger partial charge in [0.05, 0.1) is 6.10 Å². The topological polar surface area (TPSA) is 48.0 Å². The van der Waals surface area contributed by atoms with Gasteiger partial charge in [0, 0.05) is 62.5 Å². The third-order valence-electron chi connectivity index (χ3n) is 6.42. The van der Waals surface area contributed by atoms with Gasteiger partial charge in [-0.05, 0) is 32.0 Å². The van der Waals surface area contributed by atoms with Crippen LogP contribution in [-0.4, -0.2) is 66.8 Å². The minimum absolute atomic E-state index is 0. The highest BCUT2D eigenvalue weighted by Gasteiger charge is 2.28. The van der Waals surface area contributed by atoms with E-state index < -0.39 is 0 Å². The number of aromatic hydroxyl groups is 1. The molecule has 9 heteroatoms. The lowest BCUT2D eigenvalue weighted by Crippen LogP contribution is -2.55. The Labute approximate surface area is 214 Å². The molecule has 0 spiro atoms. The highest BCUT2D eigenvalue weighted by Crippen LogP contribution is 2.30. The van der Waals surface area contributed by atoms with Crippen LogP contribution in [0, 0.1) is 5.82 Å². The second-order valence-corrected chi connectivity index (χ2v) is 8.51. The summed E-state index contributed by atoms with van der Waals surface area (Å²) in [5.41, 5.74) is 1.64. The van der Waals surface area contributed by atoms with Crippen LogP contribution in [0.5, 0.6) is 5.75 Å². The van der Waals surface area contributed by atoms with E-state index in [1.165, 1.54) is 6.07 Å². The Morgan fingerprint density at radius 3 is 2.55 bits per heavy atom. The second kappa shape index (κ2) is 14.3. The number of likely N-dealkylation sites (N-methyl/N-ethyl adjacent to an activating group) is 1. The minimum atomic E-state index is -0.185. The van der Waals surface area contributed by atoms with Crippen LogP contribution in [0.1, 0.15) is 30.1 Å². The summed E-state index contributed by atoms with van der Waals surface area (Å²) in [6.07, 6.45) is 1.56. The van der Waals surface area contributed by atoms with E-state index in [0.29, 0.717) is 30.0 Å². The first-order chi connectivity index (χ1) is 14.6. The van der Waals surface area contributed by atoms with E-state index in [9.17, 15) is 9.50 Å². The maximum absolute atomic E-state index is 14.1. The lowest BCUT2D eigenvalue weighted by atomic mass is 9.96. The SMILES string of the molecule is CN1CCN(Cc2ccccc2O)CC1CNC1CCOC(c2ccccc2F)C1.Cl.Cl.Cl. The minimum Gasteiger partial charge on any atom is -0.508 e. The molecule has 3 unspecified atom stereocenters. The number of nitrogens with one attached hydrogen (secondary N) is 1. The van der Waals surface area contributed by atoms with Crippen LogP contribution in [-0.2, 0) is 11.3 Å². The van der Waals surface area contributed by atoms with E-state index in [-0.39, 0.29) is 49.1 Å². The van der Waals surface area contributed by atoms with Gasteiger partial charge in [-0.2, -0.15) is 0 Å². The number of para-hydroxylation sites is 1. The fourth-order valence-electron chi connectivity index (χ4n) is 4.50. The molecule has 4 rings (SSSR count). The molecule has 2 aromatic rings. The van der Waals surface area contributed by atoms with Crippen LogP contribution in [0.2, 0.25) is 0 Å². The maximum Gasteiger partial charge on any atom is 0.129 e. The average molecular weight is 523 g/mol. The summed E-state index contributed by atoms with van der Waals surface area (Å²) in [6, 6.07) is 15.2.